The molecule has 6 nitrogen and oxygen atoms in total. The van der Waals surface area contributed by atoms with Gasteiger partial charge in [0, 0.05) is 56.6 Å². The summed E-state index contributed by atoms with van der Waals surface area (Å²) in [4.78, 5) is 6.74. The molecule has 2 heterocycles. The Morgan fingerprint density at radius 1 is 1.19 bits per heavy atom. The van der Waals surface area contributed by atoms with Crippen molar-refractivity contribution in [2.45, 2.75) is 25.4 Å². The first-order chi connectivity index (χ1) is 13.2. The third-order valence-electron chi connectivity index (χ3n) is 4.80. The highest BCUT2D eigenvalue weighted by molar-refractivity contribution is 7.07. The molecule has 0 spiro atoms. The minimum atomic E-state index is 0.419. The Bertz CT molecular complexity index is 718. The number of methoxy groups -OCH3 is 2. The molecule has 2 N–H and O–H groups in total. The average Bonchev–Trinajstić information content (AvgIpc) is 3.24. The lowest BCUT2D eigenvalue weighted by Gasteiger charge is -2.34. The third kappa shape index (κ3) is 5.29. The molecule has 0 saturated carbocycles. The first kappa shape index (κ1) is 19.4. The van der Waals surface area contributed by atoms with Gasteiger partial charge in [0.1, 0.15) is 11.5 Å². The smallest absolute Gasteiger partial charge is 0.191 e. The summed E-state index contributed by atoms with van der Waals surface area (Å²) < 4.78 is 10.8. The summed E-state index contributed by atoms with van der Waals surface area (Å²) in [5.74, 6) is 2.51. The van der Waals surface area contributed by atoms with Crippen molar-refractivity contribution < 1.29 is 9.47 Å². The summed E-state index contributed by atoms with van der Waals surface area (Å²) in [6.45, 7) is 2.76. The Morgan fingerprint density at radius 3 is 2.44 bits per heavy atom. The van der Waals surface area contributed by atoms with Crippen LogP contribution in [0.2, 0.25) is 0 Å². The van der Waals surface area contributed by atoms with Crippen molar-refractivity contribution in [3.05, 3.63) is 40.6 Å². The second-order valence-corrected chi connectivity index (χ2v) is 7.31. The minimum absolute atomic E-state index is 0.419. The standard InChI is InChI=1S/C20H28N4O2S/c1-21-20(22-13-15-6-9-27-14-15)23-16-4-7-24(8-5-16)17-10-18(25-2)12-19(11-17)26-3/h6,9-12,14,16H,4-5,7-8,13H2,1-3H3,(H2,21,22,23). The highest BCUT2D eigenvalue weighted by Gasteiger charge is 2.21. The Hall–Kier alpha value is -2.41. The van der Waals surface area contributed by atoms with Crippen molar-refractivity contribution >= 4 is 23.0 Å². The molecule has 2 aromatic rings. The van der Waals surface area contributed by atoms with E-state index in [2.05, 4.69) is 49.5 Å². The van der Waals surface area contributed by atoms with Gasteiger partial charge in [0.15, 0.2) is 5.96 Å². The van der Waals surface area contributed by atoms with Crippen LogP contribution in [-0.2, 0) is 6.54 Å². The molecular formula is C20H28N4O2S. The lowest BCUT2D eigenvalue weighted by molar-refractivity contribution is 0.393. The van der Waals surface area contributed by atoms with Crippen LogP contribution in [0.25, 0.3) is 0 Å². The van der Waals surface area contributed by atoms with E-state index in [1.807, 2.05) is 13.1 Å². The van der Waals surface area contributed by atoms with E-state index in [0.29, 0.717) is 6.04 Å². The van der Waals surface area contributed by atoms with E-state index in [1.165, 1.54) is 5.56 Å². The molecule has 1 aliphatic rings. The zero-order valence-electron chi connectivity index (χ0n) is 16.2. The normalized spacial score (nSPS) is 15.5. The number of thiophene rings is 1. The summed E-state index contributed by atoms with van der Waals surface area (Å²) >= 11 is 1.71. The number of aliphatic imine (C=N–C) groups is 1. The summed E-state index contributed by atoms with van der Waals surface area (Å²) in [6.07, 6.45) is 2.11. The van der Waals surface area contributed by atoms with Gasteiger partial charge in [0.2, 0.25) is 0 Å². The molecule has 146 valence electrons. The fraction of sp³-hybridized carbons (Fsp3) is 0.450. The first-order valence-corrected chi connectivity index (χ1v) is 10.1. The number of nitrogens with zero attached hydrogens (tertiary/aromatic N) is 2. The van der Waals surface area contributed by atoms with Crippen molar-refractivity contribution in [1.29, 1.82) is 0 Å². The molecule has 1 aliphatic heterocycles. The highest BCUT2D eigenvalue weighted by Crippen LogP contribution is 2.30. The Kier molecular flexibility index (Phi) is 6.81. The molecule has 7 heteroatoms. The van der Waals surface area contributed by atoms with Crippen LogP contribution < -0.4 is 25.0 Å². The van der Waals surface area contributed by atoms with Gasteiger partial charge in [-0.15, -0.1) is 0 Å². The summed E-state index contributed by atoms with van der Waals surface area (Å²) in [6, 6.07) is 8.59. The Labute approximate surface area is 165 Å². The number of nitrogens with one attached hydrogen (secondary N) is 2. The van der Waals surface area contributed by atoms with Crippen LogP contribution in [0.15, 0.2) is 40.0 Å². The summed E-state index contributed by atoms with van der Waals surface area (Å²) in [5, 5.41) is 11.2. The molecule has 27 heavy (non-hydrogen) atoms. The average molecular weight is 389 g/mol. The predicted octanol–water partition coefficient (Wildman–Crippen LogP) is 3.10. The predicted molar refractivity (Wildman–Crippen MR) is 112 cm³/mol. The monoisotopic (exact) mass is 388 g/mol. The number of hydrogen-bond donors (Lipinski definition) is 2. The van der Waals surface area contributed by atoms with Crippen molar-refractivity contribution in [2.24, 2.45) is 4.99 Å². The van der Waals surface area contributed by atoms with E-state index in [4.69, 9.17) is 9.47 Å². The summed E-state index contributed by atoms with van der Waals surface area (Å²) in [7, 11) is 5.19. The second kappa shape index (κ2) is 9.50. The second-order valence-electron chi connectivity index (χ2n) is 6.53. The van der Waals surface area contributed by atoms with Gasteiger partial charge in [-0.05, 0) is 35.2 Å². The van der Waals surface area contributed by atoms with Crippen LogP contribution in [0.5, 0.6) is 11.5 Å². The molecule has 0 radical (unpaired) electrons. The fourth-order valence-corrected chi connectivity index (χ4v) is 3.89. The largest absolute Gasteiger partial charge is 0.497 e. The Balaban J connectivity index is 1.52. The minimum Gasteiger partial charge on any atom is -0.497 e. The van der Waals surface area contributed by atoms with Crippen LogP contribution >= 0.6 is 11.3 Å². The maximum absolute atomic E-state index is 5.39. The van der Waals surface area contributed by atoms with E-state index in [1.54, 1.807) is 25.6 Å². The third-order valence-corrected chi connectivity index (χ3v) is 5.53. The van der Waals surface area contributed by atoms with Crippen molar-refractivity contribution in [3.8, 4) is 11.5 Å². The van der Waals surface area contributed by atoms with Crippen LogP contribution in [0.1, 0.15) is 18.4 Å². The lowest BCUT2D eigenvalue weighted by Crippen LogP contribution is -2.48. The molecule has 0 aliphatic carbocycles. The van der Waals surface area contributed by atoms with E-state index < -0.39 is 0 Å². The zero-order valence-corrected chi connectivity index (χ0v) is 17.0. The molecular weight excluding hydrogens is 360 g/mol. The topological polar surface area (TPSA) is 58.1 Å². The number of hydrogen-bond acceptors (Lipinski definition) is 5. The van der Waals surface area contributed by atoms with Gasteiger partial charge in [0.05, 0.1) is 14.2 Å². The van der Waals surface area contributed by atoms with Gasteiger partial charge in [-0.1, -0.05) is 0 Å². The van der Waals surface area contributed by atoms with Crippen molar-refractivity contribution in [2.75, 3.05) is 39.3 Å². The molecule has 0 atom stereocenters. The van der Waals surface area contributed by atoms with Gasteiger partial charge in [0.25, 0.3) is 0 Å². The van der Waals surface area contributed by atoms with Crippen LogP contribution in [0, 0.1) is 0 Å². The number of ether oxygens (including phenoxy) is 2. The number of anilines is 1. The molecule has 1 saturated heterocycles. The number of guanidine groups is 1. The SMILES string of the molecule is CN=C(NCc1ccsc1)NC1CCN(c2cc(OC)cc(OC)c2)CC1. The van der Waals surface area contributed by atoms with E-state index in [9.17, 15) is 0 Å². The zero-order chi connectivity index (χ0) is 19.1. The number of rotatable bonds is 6. The molecule has 1 fully saturated rings. The maximum Gasteiger partial charge on any atom is 0.191 e. The quantitative estimate of drug-likeness (QED) is 0.588. The van der Waals surface area contributed by atoms with Gasteiger partial charge in [-0.3, -0.25) is 4.99 Å². The van der Waals surface area contributed by atoms with Crippen molar-refractivity contribution in [1.82, 2.24) is 10.6 Å². The molecule has 0 amide bonds. The van der Waals surface area contributed by atoms with E-state index in [0.717, 1.165) is 55.6 Å². The van der Waals surface area contributed by atoms with Crippen LogP contribution in [0.3, 0.4) is 0 Å². The molecule has 0 bridgehead atoms. The molecule has 3 rings (SSSR count). The number of benzene rings is 1. The molecule has 0 unspecified atom stereocenters. The highest BCUT2D eigenvalue weighted by atomic mass is 32.1. The van der Waals surface area contributed by atoms with Gasteiger partial charge < -0.3 is 25.0 Å². The van der Waals surface area contributed by atoms with Gasteiger partial charge >= 0.3 is 0 Å². The first-order valence-electron chi connectivity index (χ1n) is 9.18. The van der Waals surface area contributed by atoms with Crippen LogP contribution in [-0.4, -0.2) is 46.4 Å². The summed E-state index contributed by atoms with van der Waals surface area (Å²) in [5.41, 5.74) is 2.43. The molecule has 1 aromatic carbocycles. The van der Waals surface area contributed by atoms with E-state index >= 15 is 0 Å². The van der Waals surface area contributed by atoms with Crippen molar-refractivity contribution in [3.63, 3.8) is 0 Å². The van der Waals surface area contributed by atoms with Gasteiger partial charge in [-0.25, -0.2) is 0 Å². The van der Waals surface area contributed by atoms with Crippen LogP contribution in [0.4, 0.5) is 5.69 Å². The van der Waals surface area contributed by atoms with E-state index in [-0.39, 0.29) is 0 Å². The fourth-order valence-electron chi connectivity index (χ4n) is 3.22. The Morgan fingerprint density at radius 2 is 1.89 bits per heavy atom. The lowest BCUT2D eigenvalue weighted by atomic mass is 10.0. The molecule has 1 aromatic heterocycles. The maximum atomic E-state index is 5.39. The number of piperidine rings is 1. The van der Waals surface area contributed by atoms with Gasteiger partial charge in [-0.2, -0.15) is 11.3 Å².